The summed E-state index contributed by atoms with van der Waals surface area (Å²) in [5, 5.41) is 9.76. The lowest BCUT2D eigenvalue weighted by molar-refractivity contribution is 0.411. The number of aromatic hydroxyl groups is 1. The maximum absolute atomic E-state index is 9.76. The van der Waals surface area contributed by atoms with Crippen LogP contribution in [0.5, 0.6) is 17.2 Å². The second kappa shape index (κ2) is 6.49. The van der Waals surface area contributed by atoms with Crippen molar-refractivity contribution in [2.24, 2.45) is 0 Å². The molecule has 4 aromatic rings. The second-order valence-corrected chi connectivity index (χ2v) is 5.35. The maximum Gasteiger partial charge on any atom is 0.226 e. The van der Waals surface area contributed by atoms with Crippen LogP contribution >= 0.6 is 0 Å². The minimum Gasteiger partial charge on any atom is -0.504 e. The molecule has 5 nitrogen and oxygen atoms in total. The lowest BCUT2D eigenvalue weighted by atomic mass is 10.2. The van der Waals surface area contributed by atoms with Gasteiger partial charge in [0.05, 0.1) is 5.69 Å². The van der Waals surface area contributed by atoms with E-state index >= 15 is 0 Å². The molecule has 0 unspecified atom stereocenters. The van der Waals surface area contributed by atoms with Gasteiger partial charge in [0, 0.05) is 11.8 Å². The molecule has 0 atom stereocenters. The van der Waals surface area contributed by atoms with Crippen LogP contribution in [0.3, 0.4) is 0 Å². The normalized spacial score (nSPS) is 10.6. The number of phenols is 1. The summed E-state index contributed by atoms with van der Waals surface area (Å²) < 4.78 is 11.2. The number of phenolic OH excluding ortho intramolecular Hbond substituents is 1. The van der Waals surface area contributed by atoms with Gasteiger partial charge in [0.1, 0.15) is 17.7 Å². The molecule has 0 saturated heterocycles. The van der Waals surface area contributed by atoms with Crippen LogP contribution in [0.25, 0.3) is 22.8 Å². The number of rotatable bonds is 4. The number of hydrogen-bond donors (Lipinski definition) is 1. The van der Waals surface area contributed by atoms with Crippen molar-refractivity contribution in [3.8, 4) is 40.1 Å². The fourth-order valence-corrected chi connectivity index (χ4v) is 2.37. The number of aromatic nitrogens is 2. The van der Waals surface area contributed by atoms with E-state index in [1.165, 1.54) is 0 Å². The van der Waals surface area contributed by atoms with Crippen LogP contribution in [0.4, 0.5) is 0 Å². The SMILES string of the molecule is Oc1ccccc1Oc1ccc(-c2nc(-c3ccccn3)co2)cc1. The number of para-hydroxylation sites is 2. The van der Waals surface area contributed by atoms with E-state index in [-0.39, 0.29) is 5.75 Å². The molecule has 0 spiro atoms. The Morgan fingerprint density at radius 1 is 0.840 bits per heavy atom. The summed E-state index contributed by atoms with van der Waals surface area (Å²) in [6.07, 6.45) is 3.30. The van der Waals surface area contributed by atoms with Gasteiger partial charge in [0.2, 0.25) is 5.89 Å². The van der Waals surface area contributed by atoms with Crippen LogP contribution in [0.15, 0.2) is 83.6 Å². The van der Waals surface area contributed by atoms with Crippen molar-refractivity contribution >= 4 is 0 Å². The quantitative estimate of drug-likeness (QED) is 0.576. The average Bonchev–Trinajstić information content (AvgIpc) is 3.15. The molecule has 0 fully saturated rings. The van der Waals surface area contributed by atoms with Crippen molar-refractivity contribution in [3.63, 3.8) is 0 Å². The molecule has 122 valence electrons. The monoisotopic (exact) mass is 330 g/mol. The lowest BCUT2D eigenvalue weighted by Gasteiger charge is -2.07. The van der Waals surface area contributed by atoms with Gasteiger partial charge in [-0.3, -0.25) is 4.98 Å². The minimum atomic E-state index is 0.0966. The van der Waals surface area contributed by atoms with E-state index in [4.69, 9.17) is 9.15 Å². The van der Waals surface area contributed by atoms with Gasteiger partial charge >= 0.3 is 0 Å². The van der Waals surface area contributed by atoms with E-state index in [1.807, 2.05) is 30.3 Å². The number of oxazole rings is 1. The Balaban J connectivity index is 1.55. The van der Waals surface area contributed by atoms with Crippen molar-refractivity contribution in [2.75, 3.05) is 0 Å². The van der Waals surface area contributed by atoms with E-state index in [1.54, 1.807) is 48.9 Å². The zero-order valence-corrected chi connectivity index (χ0v) is 13.2. The first kappa shape index (κ1) is 15.0. The third kappa shape index (κ3) is 3.21. The van der Waals surface area contributed by atoms with Gasteiger partial charge in [-0.1, -0.05) is 18.2 Å². The summed E-state index contributed by atoms with van der Waals surface area (Å²) in [5.74, 6) is 1.62. The molecule has 25 heavy (non-hydrogen) atoms. The highest BCUT2D eigenvalue weighted by molar-refractivity contribution is 5.60. The van der Waals surface area contributed by atoms with Crippen LogP contribution in [-0.2, 0) is 0 Å². The Morgan fingerprint density at radius 3 is 2.40 bits per heavy atom. The van der Waals surface area contributed by atoms with Gasteiger partial charge < -0.3 is 14.3 Å². The Morgan fingerprint density at radius 2 is 1.64 bits per heavy atom. The van der Waals surface area contributed by atoms with E-state index < -0.39 is 0 Å². The van der Waals surface area contributed by atoms with E-state index in [0.29, 0.717) is 23.1 Å². The number of pyridine rings is 1. The molecule has 1 N–H and O–H groups in total. The molecular formula is C20H14N2O3. The fourth-order valence-electron chi connectivity index (χ4n) is 2.37. The third-order valence-electron chi connectivity index (χ3n) is 3.63. The van der Waals surface area contributed by atoms with Gasteiger partial charge in [0.15, 0.2) is 11.5 Å². The summed E-state index contributed by atoms with van der Waals surface area (Å²) in [5.41, 5.74) is 2.27. The topological polar surface area (TPSA) is 68.4 Å². The van der Waals surface area contributed by atoms with Crippen molar-refractivity contribution < 1.29 is 14.3 Å². The molecule has 0 radical (unpaired) electrons. The zero-order chi connectivity index (χ0) is 17.1. The summed E-state index contributed by atoms with van der Waals surface area (Å²) in [6.45, 7) is 0. The first-order valence-electron chi connectivity index (χ1n) is 7.73. The number of benzene rings is 2. The first-order valence-corrected chi connectivity index (χ1v) is 7.73. The molecule has 0 aliphatic rings. The van der Waals surface area contributed by atoms with Crippen molar-refractivity contribution in [2.45, 2.75) is 0 Å². The Kier molecular flexibility index (Phi) is 3.88. The molecule has 2 aromatic carbocycles. The molecule has 0 aliphatic carbocycles. The highest BCUT2D eigenvalue weighted by atomic mass is 16.5. The molecule has 0 bridgehead atoms. The smallest absolute Gasteiger partial charge is 0.226 e. The highest BCUT2D eigenvalue weighted by Gasteiger charge is 2.10. The predicted octanol–water partition coefficient (Wildman–Crippen LogP) is 4.90. The van der Waals surface area contributed by atoms with E-state index in [0.717, 1.165) is 11.3 Å². The Labute approximate surface area is 144 Å². The Hall–Kier alpha value is -3.60. The molecule has 4 rings (SSSR count). The van der Waals surface area contributed by atoms with E-state index in [9.17, 15) is 5.11 Å². The molecular weight excluding hydrogens is 316 g/mol. The van der Waals surface area contributed by atoms with Crippen LogP contribution < -0.4 is 4.74 Å². The van der Waals surface area contributed by atoms with Crippen LogP contribution in [-0.4, -0.2) is 15.1 Å². The van der Waals surface area contributed by atoms with Crippen molar-refractivity contribution in [1.82, 2.24) is 9.97 Å². The van der Waals surface area contributed by atoms with Crippen LogP contribution in [0.2, 0.25) is 0 Å². The third-order valence-corrected chi connectivity index (χ3v) is 3.63. The highest BCUT2D eigenvalue weighted by Crippen LogP contribution is 2.31. The number of nitrogens with zero attached hydrogens (tertiary/aromatic N) is 2. The average molecular weight is 330 g/mol. The van der Waals surface area contributed by atoms with Crippen LogP contribution in [0, 0.1) is 0 Å². The van der Waals surface area contributed by atoms with Crippen molar-refractivity contribution in [1.29, 1.82) is 0 Å². The maximum atomic E-state index is 9.76. The Bertz CT molecular complexity index is 979. The van der Waals surface area contributed by atoms with Gasteiger partial charge in [0.25, 0.3) is 0 Å². The predicted molar refractivity (Wildman–Crippen MR) is 93.4 cm³/mol. The molecule has 0 aliphatic heterocycles. The standard InChI is InChI=1S/C20H14N2O3/c23-18-6-1-2-7-19(18)25-15-10-8-14(9-11-15)20-22-17(13-24-20)16-5-3-4-12-21-16/h1-13,23H. The van der Waals surface area contributed by atoms with E-state index in [2.05, 4.69) is 9.97 Å². The number of ether oxygens (including phenoxy) is 1. The molecule has 2 heterocycles. The summed E-state index contributed by atoms with van der Waals surface area (Å²) in [6, 6.07) is 19.8. The minimum absolute atomic E-state index is 0.0966. The first-order chi connectivity index (χ1) is 12.3. The fraction of sp³-hybridized carbons (Fsp3) is 0. The van der Waals surface area contributed by atoms with Gasteiger partial charge in [-0.05, 0) is 48.5 Å². The summed E-state index contributed by atoms with van der Waals surface area (Å²) >= 11 is 0. The molecule has 2 aromatic heterocycles. The lowest BCUT2D eigenvalue weighted by Crippen LogP contribution is -1.85. The van der Waals surface area contributed by atoms with Crippen molar-refractivity contribution in [3.05, 3.63) is 79.2 Å². The number of hydrogen-bond acceptors (Lipinski definition) is 5. The summed E-state index contributed by atoms with van der Waals surface area (Å²) in [4.78, 5) is 8.73. The summed E-state index contributed by atoms with van der Waals surface area (Å²) in [7, 11) is 0. The van der Waals surface area contributed by atoms with Gasteiger partial charge in [-0.15, -0.1) is 0 Å². The molecule has 0 amide bonds. The molecule has 5 heteroatoms. The van der Waals surface area contributed by atoms with Gasteiger partial charge in [-0.2, -0.15) is 0 Å². The second-order valence-electron chi connectivity index (χ2n) is 5.35. The van der Waals surface area contributed by atoms with Gasteiger partial charge in [-0.25, -0.2) is 4.98 Å². The molecule has 0 saturated carbocycles. The van der Waals surface area contributed by atoms with Crippen LogP contribution in [0.1, 0.15) is 0 Å². The largest absolute Gasteiger partial charge is 0.504 e. The zero-order valence-electron chi connectivity index (χ0n) is 13.2.